The van der Waals surface area contributed by atoms with Crippen LogP contribution >= 0.6 is 0 Å². The molecule has 0 aliphatic rings. The molecule has 98 valence electrons. The summed E-state index contributed by atoms with van der Waals surface area (Å²) in [5.41, 5.74) is 5.43. The summed E-state index contributed by atoms with van der Waals surface area (Å²) in [7, 11) is 0. The first-order chi connectivity index (χ1) is 7.85. The Morgan fingerprint density at radius 2 is 2.00 bits per heavy atom. The molecule has 0 atom stereocenters. The fourth-order valence-corrected chi connectivity index (χ4v) is 1.80. The number of nitrogens with zero attached hydrogens (tertiary/aromatic N) is 1. The number of alkyl halides is 3. The summed E-state index contributed by atoms with van der Waals surface area (Å²) < 4.78 is 37.5. The molecule has 3 nitrogen and oxygen atoms in total. The van der Waals surface area contributed by atoms with Crippen molar-refractivity contribution in [3.8, 4) is 0 Å². The van der Waals surface area contributed by atoms with Crippen LogP contribution in [0.1, 0.15) is 23.9 Å². The molecular weight excluding hydrogens is 233 g/mol. The maximum Gasteiger partial charge on any atom is 0.413 e. The number of rotatable bonds is 5. The molecule has 0 aromatic carbocycles. The van der Waals surface area contributed by atoms with Crippen LogP contribution in [0.15, 0.2) is 6.07 Å². The minimum absolute atomic E-state index is 0.274. The molecular formula is C11H17F3N2O. The Balaban J connectivity index is 2.47. The second kappa shape index (κ2) is 5.55. The first-order valence-electron chi connectivity index (χ1n) is 5.42. The van der Waals surface area contributed by atoms with Crippen molar-refractivity contribution in [3.63, 3.8) is 0 Å². The molecule has 6 heteroatoms. The predicted octanol–water partition coefficient (Wildman–Crippen LogP) is 2.71. The average Bonchev–Trinajstić information content (AvgIpc) is 2.47. The van der Waals surface area contributed by atoms with Crippen molar-refractivity contribution in [1.29, 1.82) is 0 Å². The van der Waals surface area contributed by atoms with Gasteiger partial charge in [-0.1, -0.05) is 0 Å². The lowest BCUT2D eigenvalue weighted by Gasteiger charge is -2.09. The van der Waals surface area contributed by atoms with E-state index in [1.165, 1.54) is 0 Å². The van der Waals surface area contributed by atoms with Crippen LogP contribution < -0.4 is 5.48 Å². The van der Waals surface area contributed by atoms with Gasteiger partial charge in [0.25, 0.3) is 0 Å². The van der Waals surface area contributed by atoms with E-state index in [9.17, 15) is 13.2 Å². The van der Waals surface area contributed by atoms with Gasteiger partial charge < -0.3 is 4.57 Å². The zero-order valence-electron chi connectivity index (χ0n) is 10.2. The summed E-state index contributed by atoms with van der Waals surface area (Å²) in [6, 6.07) is 1.95. The van der Waals surface area contributed by atoms with Crippen LogP contribution in [-0.4, -0.2) is 17.4 Å². The second-order valence-corrected chi connectivity index (χ2v) is 3.87. The third-order valence-electron chi connectivity index (χ3n) is 2.60. The highest BCUT2D eigenvalue weighted by Gasteiger charge is 2.27. The fourth-order valence-electron chi connectivity index (χ4n) is 1.80. The Kier molecular flexibility index (Phi) is 4.59. The molecule has 0 radical (unpaired) electrons. The SMILES string of the molecule is CCn1c(C)cc(CNOCC(F)(F)F)c1C. The first-order valence-corrected chi connectivity index (χ1v) is 5.42. The Morgan fingerprint density at radius 1 is 1.35 bits per heavy atom. The quantitative estimate of drug-likeness (QED) is 0.642. The number of halogens is 3. The number of hydrogen-bond donors (Lipinski definition) is 1. The lowest BCUT2D eigenvalue weighted by molar-refractivity contribution is -0.190. The lowest BCUT2D eigenvalue weighted by atomic mass is 10.2. The van der Waals surface area contributed by atoms with Crippen LogP contribution in [0, 0.1) is 13.8 Å². The highest BCUT2D eigenvalue weighted by molar-refractivity contribution is 5.26. The molecule has 0 aliphatic heterocycles. The van der Waals surface area contributed by atoms with Crippen LogP contribution in [0.3, 0.4) is 0 Å². The standard InChI is InChI=1S/C11H17F3N2O/c1-4-16-8(2)5-10(9(16)3)6-15-17-7-11(12,13)14/h5,15H,4,6-7H2,1-3H3. The zero-order chi connectivity index (χ0) is 13.1. The molecule has 17 heavy (non-hydrogen) atoms. The van der Waals surface area contributed by atoms with Crippen molar-refractivity contribution in [2.24, 2.45) is 0 Å². The third-order valence-corrected chi connectivity index (χ3v) is 2.60. The minimum Gasteiger partial charge on any atom is -0.349 e. The van der Waals surface area contributed by atoms with Gasteiger partial charge in [0.1, 0.15) is 0 Å². The predicted molar refractivity (Wildman–Crippen MR) is 58.4 cm³/mol. The summed E-state index contributed by atoms with van der Waals surface area (Å²) >= 11 is 0. The molecule has 0 amide bonds. The monoisotopic (exact) mass is 250 g/mol. The summed E-state index contributed by atoms with van der Waals surface area (Å²) in [4.78, 5) is 4.36. The van der Waals surface area contributed by atoms with E-state index in [-0.39, 0.29) is 6.54 Å². The smallest absolute Gasteiger partial charge is 0.349 e. The lowest BCUT2D eigenvalue weighted by Crippen LogP contribution is -2.24. The molecule has 0 aliphatic carbocycles. The van der Waals surface area contributed by atoms with Gasteiger partial charge in [-0.25, -0.2) is 0 Å². The summed E-state index contributed by atoms with van der Waals surface area (Å²) in [5, 5.41) is 0. The number of nitrogens with one attached hydrogen (secondary N) is 1. The highest BCUT2D eigenvalue weighted by atomic mass is 19.4. The van der Waals surface area contributed by atoms with Crippen molar-refractivity contribution in [2.75, 3.05) is 6.61 Å². The molecule has 0 bridgehead atoms. The average molecular weight is 250 g/mol. The van der Waals surface area contributed by atoms with Gasteiger partial charge in [-0.2, -0.15) is 18.7 Å². The van der Waals surface area contributed by atoms with Gasteiger partial charge in [-0.05, 0) is 32.4 Å². The van der Waals surface area contributed by atoms with Crippen molar-refractivity contribution >= 4 is 0 Å². The topological polar surface area (TPSA) is 26.2 Å². The van der Waals surface area contributed by atoms with Gasteiger partial charge in [-0.3, -0.25) is 4.84 Å². The molecule has 1 heterocycles. The van der Waals surface area contributed by atoms with E-state index in [0.717, 1.165) is 23.5 Å². The fraction of sp³-hybridized carbons (Fsp3) is 0.636. The van der Waals surface area contributed by atoms with Crippen LogP contribution in [-0.2, 0) is 17.9 Å². The maximum absolute atomic E-state index is 11.8. The molecule has 0 unspecified atom stereocenters. The largest absolute Gasteiger partial charge is 0.413 e. The maximum atomic E-state index is 11.8. The van der Waals surface area contributed by atoms with E-state index >= 15 is 0 Å². The molecule has 1 aromatic heterocycles. The Morgan fingerprint density at radius 3 is 2.47 bits per heavy atom. The molecule has 0 spiro atoms. The van der Waals surface area contributed by atoms with Crippen LogP contribution in [0.5, 0.6) is 0 Å². The number of hydrogen-bond acceptors (Lipinski definition) is 2. The minimum atomic E-state index is -4.30. The van der Waals surface area contributed by atoms with Crippen molar-refractivity contribution in [1.82, 2.24) is 10.0 Å². The van der Waals surface area contributed by atoms with Crippen LogP contribution in [0.4, 0.5) is 13.2 Å². The van der Waals surface area contributed by atoms with Gasteiger partial charge >= 0.3 is 6.18 Å². The van der Waals surface area contributed by atoms with E-state index in [1.807, 2.05) is 26.8 Å². The van der Waals surface area contributed by atoms with Crippen molar-refractivity contribution in [2.45, 2.75) is 40.0 Å². The van der Waals surface area contributed by atoms with E-state index in [0.29, 0.717) is 0 Å². The molecule has 1 rings (SSSR count). The summed E-state index contributed by atoms with van der Waals surface area (Å²) in [6.07, 6.45) is -4.30. The van der Waals surface area contributed by atoms with E-state index in [2.05, 4.69) is 14.9 Å². The molecule has 0 saturated carbocycles. The van der Waals surface area contributed by atoms with E-state index in [1.54, 1.807) is 0 Å². The second-order valence-electron chi connectivity index (χ2n) is 3.87. The Bertz CT molecular complexity index is 372. The van der Waals surface area contributed by atoms with Gasteiger partial charge in [0, 0.05) is 24.5 Å². The normalized spacial score (nSPS) is 12.1. The van der Waals surface area contributed by atoms with Gasteiger partial charge in [0.05, 0.1) is 0 Å². The third kappa shape index (κ3) is 4.05. The zero-order valence-corrected chi connectivity index (χ0v) is 10.2. The number of aromatic nitrogens is 1. The van der Waals surface area contributed by atoms with E-state index < -0.39 is 12.8 Å². The number of hydroxylamine groups is 1. The van der Waals surface area contributed by atoms with Crippen LogP contribution in [0.2, 0.25) is 0 Å². The summed E-state index contributed by atoms with van der Waals surface area (Å²) in [6.45, 7) is 5.78. The molecule has 0 saturated heterocycles. The van der Waals surface area contributed by atoms with E-state index in [4.69, 9.17) is 0 Å². The molecule has 1 aromatic rings. The summed E-state index contributed by atoms with van der Waals surface area (Å²) in [5.74, 6) is 0. The Labute approximate surface area is 98.5 Å². The van der Waals surface area contributed by atoms with Crippen molar-refractivity contribution in [3.05, 3.63) is 23.0 Å². The molecule has 0 fully saturated rings. The number of aryl methyl sites for hydroxylation is 1. The van der Waals surface area contributed by atoms with Crippen LogP contribution in [0.25, 0.3) is 0 Å². The highest BCUT2D eigenvalue weighted by Crippen LogP contribution is 2.16. The Hall–Kier alpha value is -1.01. The van der Waals surface area contributed by atoms with Gasteiger partial charge in [0.15, 0.2) is 6.61 Å². The van der Waals surface area contributed by atoms with Gasteiger partial charge in [0.2, 0.25) is 0 Å². The van der Waals surface area contributed by atoms with Gasteiger partial charge in [-0.15, -0.1) is 0 Å². The van der Waals surface area contributed by atoms with Crippen molar-refractivity contribution < 1.29 is 18.0 Å². The first kappa shape index (κ1) is 14.1. The molecule has 1 N–H and O–H groups in total.